The largest absolute Gasteiger partial charge is 0.401 e. The third-order valence-electron chi connectivity index (χ3n) is 3.01. The second-order valence-corrected chi connectivity index (χ2v) is 5.35. The van der Waals surface area contributed by atoms with Gasteiger partial charge in [-0.1, -0.05) is 23.2 Å². The van der Waals surface area contributed by atoms with Gasteiger partial charge in [0.25, 0.3) is 0 Å². The van der Waals surface area contributed by atoms with E-state index in [0.717, 1.165) is 0 Å². The minimum atomic E-state index is -4.18. The van der Waals surface area contributed by atoms with E-state index in [9.17, 15) is 13.2 Å². The molecular formula is C11H13Cl2F3N4. The first-order valence-electron chi connectivity index (χ1n) is 5.92. The van der Waals surface area contributed by atoms with Crippen LogP contribution in [-0.2, 0) is 0 Å². The monoisotopic (exact) mass is 328 g/mol. The Bertz CT molecular complexity index is 487. The van der Waals surface area contributed by atoms with Gasteiger partial charge < -0.3 is 10.6 Å². The molecule has 2 rings (SSSR count). The first-order chi connectivity index (χ1) is 9.26. The maximum Gasteiger partial charge on any atom is 0.401 e. The van der Waals surface area contributed by atoms with Crippen LogP contribution in [0, 0.1) is 0 Å². The van der Waals surface area contributed by atoms with Crippen LogP contribution in [0.5, 0.6) is 0 Å². The van der Waals surface area contributed by atoms with Crippen LogP contribution in [0.1, 0.15) is 0 Å². The van der Waals surface area contributed by atoms with Crippen LogP contribution in [0.2, 0.25) is 10.0 Å². The Hall–Kier alpha value is -0.920. The highest BCUT2D eigenvalue weighted by Gasteiger charge is 2.32. The van der Waals surface area contributed by atoms with Crippen molar-refractivity contribution in [3.8, 4) is 0 Å². The molecule has 1 aromatic heterocycles. The number of aromatic nitrogens is 1. The molecule has 0 aromatic carbocycles. The number of rotatable bonds is 2. The molecule has 0 aliphatic carbocycles. The van der Waals surface area contributed by atoms with Crippen LogP contribution < -0.4 is 10.6 Å². The fourth-order valence-electron chi connectivity index (χ4n) is 2.06. The zero-order valence-corrected chi connectivity index (χ0v) is 11.9. The predicted octanol–water partition coefficient (Wildman–Crippen LogP) is 2.65. The molecular weight excluding hydrogens is 316 g/mol. The van der Waals surface area contributed by atoms with E-state index in [2.05, 4.69) is 4.98 Å². The molecule has 112 valence electrons. The number of piperazine rings is 1. The molecule has 0 atom stereocenters. The van der Waals surface area contributed by atoms with E-state index < -0.39 is 12.7 Å². The van der Waals surface area contributed by atoms with Crippen molar-refractivity contribution in [3.63, 3.8) is 0 Å². The summed E-state index contributed by atoms with van der Waals surface area (Å²) < 4.78 is 36.9. The first-order valence-corrected chi connectivity index (χ1v) is 6.67. The van der Waals surface area contributed by atoms with Crippen molar-refractivity contribution in [3.05, 3.63) is 16.1 Å². The summed E-state index contributed by atoms with van der Waals surface area (Å²) in [6, 6.07) is 1.49. The highest BCUT2D eigenvalue weighted by Crippen LogP contribution is 2.30. The van der Waals surface area contributed by atoms with Crippen LogP contribution in [0.25, 0.3) is 0 Å². The van der Waals surface area contributed by atoms with Crippen molar-refractivity contribution in [1.29, 1.82) is 0 Å². The van der Waals surface area contributed by atoms with Gasteiger partial charge in [0.2, 0.25) is 0 Å². The second kappa shape index (κ2) is 5.83. The van der Waals surface area contributed by atoms with E-state index in [4.69, 9.17) is 28.9 Å². The van der Waals surface area contributed by atoms with Crippen molar-refractivity contribution in [1.82, 2.24) is 9.88 Å². The molecule has 1 fully saturated rings. The number of nitrogens with zero attached hydrogens (tertiary/aromatic N) is 3. The molecule has 0 radical (unpaired) electrons. The van der Waals surface area contributed by atoms with Gasteiger partial charge in [-0.15, -0.1) is 0 Å². The Morgan fingerprint density at radius 1 is 1.15 bits per heavy atom. The summed E-state index contributed by atoms with van der Waals surface area (Å²) in [5.74, 6) is 0.615. The van der Waals surface area contributed by atoms with E-state index in [1.54, 1.807) is 0 Å². The minimum Gasteiger partial charge on any atom is -0.382 e. The Morgan fingerprint density at radius 3 is 2.30 bits per heavy atom. The average molecular weight is 329 g/mol. The number of halogens is 5. The van der Waals surface area contributed by atoms with Crippen molar-refractivity contribution in [2.75, 3.05) is 43.4 Å². The van der Waals surface area contributed by atoms with Gasteiger partial charge in [-0.2, -0.15) is 13.2 Å². The van der Waals surface area contributed by atoms with E-state index in [1.807, 2.05) is 4.90 Å². The Labute approximate surface area is 124 Å². The lowest BCUT2D eigenvalue weighted by molar-refractivity contribution is -0.146. The second-order valence-electron chi connectivity index (χ2n) is 4.54. The Balaban J connectivity index is 2.02. The number of anilines is 2. The van der Waals surface area contributed by atoms with Crippen molar-refractivity contribution in [2.24, 2.45) is 0 Å². The van der Waals surface area contributed by atoms with Crippen molar-refractivity contribution >= 4 is 34.8 Å². The van der Waals surface area contributed by atoms with E-state index in [1.165, 1.54) is 11.0 Å². The molecule has 9 heteroatoms. The van der Waals surface area contributed by atoms with E-state index >= 15 is 0 Å². The molecule has 4 nitrogen and oxygen atoms in total. The smallest absolute Gasteiger partial charge is 0.382 e. The van der Waals surface area contributed by atoms with Gasteiger partial charge in [0.15, 0.2) is 0 Å². The lowest BCUT2D eigenvalue weighted by Gasteiger charge is -2.36. The number of hydrogen-bond acceptors (Lipinski definition) is 4. The van der Waals surface area contributed by atoms with E-state index in [-0.39, 0.29) is 10.8 Å². The molecule has 1 saturated heterocycles. The lowest BCUT2D eigenvalue weighted by Crippen LogP contribution is -2.49. The summed E-state index contributed by atoms with van der Waals surface area (Å²) in [5.41, 5.74) is 5.62. The molecule has 0 amide bonds. The summed E-state index contributed by atoms with van der Waals surface area (Å²) >= 11 is 11.8. The molecule has 0 bridgehead atoms. The molecule has 2 heterocycles. The van der Waals surface area contributed by atoms with Gasteiger partial charge in [-0.25, -0.2) is 4.98 Å². The predicted molar refractivity (Wildman–Crippen MR) is 73.4 cm³/mol. The zero-order chi connectivity index (χ0) is 14.9. The molecule has 2 N–H and O–H groups in total. The normalized spacial score (nSPS) is 17.6. The molecule has 0 unspecified atom stereocenters. The third kappa shape index (κ3) is 3.80. The zero-order valence-electron chi connectivity index (χ0n) is 10.4. The maximum atomic E-state index is 12.3. The van der Waals surface area contributed by atoms with E-state index in [0.29, 0.717) is 37.0 Å². The number of pyridine rings is 1. The average Bonchev–Trinajstić information content (AvgIpc) is 2.33. The van der Waals surface area contributed by atoms with Crippen molar-refractivity contribution < 1.29 is 13.2 Å². The fourth-order valence-corrected chi connectivity index (χ4v) is 2.54. The molecule has 20 heavy (non-hydrogen) atoms. The topological polar surface area (TPSA) is 45.4 Å². The summed E-state index contributed by atoms with van der Waals surface area (Å²) in [5, 5.41) is 0.600. The van der Waals surface area contributed by atoms with Crippen LogP contribution in [0.3, 0.4) is 0 Å². The molecule has 0 saturated carbocycles. The number of nitrogen functional groups attached to an aromatic ring is 1. The molecule has 0 spiro atoms. The lowest BCUT2D eigenvalue weighted by atomic mass is 10.3. The van der Waals surface area contributed by atoms with Gasteiger partial charge >= 0.3 is 6.18 Å². The van der Waals surface area contributed by atoms with Crippen LogP contribution in [-0.4, -0.2) is 48.8 Å². The number of alkyl halides is 3. The van der Waals surface area contributed by atoms with Gasteiger partial charge in [-0.05, 0) is 6.07 Å². The standard InChI is InChI=1S/C11H13Cl2F3N4/c12-7-5-8(13)10(18-9(7)17)20-3-1-19(2-4-20)6-11(14,15)16/h5H,1-4,6H2,(H2,17,18). The van der Waals surface area contributed by atoms with Crippen LogP contribution >= 0.6 is 23.2 Å². The fraction of sp³-hybridized carbons (Fsp3) is 0.545. The van der Waals surface area contributed by atoms with Gasteiger partial charge in [0, 0.05) is 26.2 Å². The minimum absolute atomic E-state index is 0.156. The Morgan fingerprint density at radius 2 is 1.75 bits per heavy atom. The molecule has 1 aliphatic heterocycles. The van der Waals surface area contributed by atoms with Gasteiger partial charge in [0.05, 0.1) is 16.6 Å². The van der Waals surface area contributed by atoms with Gasteiger partial charge in [-0.3, -0.25) is 4.90 Å². The summed E-state index contributed by atoms with van der Waals surface area (Å²) in [4.78, 5) is 7.25. The molecule has 1 aliphatic rings. The highest BCUT2D eigenvalue weighted by atomic mass is 35.5. The molecule has 1 aromatic rings. The highest BCUT2D eigenvalue weighted by molar-refractivity contribution is 6.37. The van der Waals surface area contributed by atoms with Crippen molar-refractivity contribution in [2.45, 2.75) is 6.18 Å². The van der Waals surface area contributed by atoms with Crippen LogP contribution in [0.15, 0.2) is 6.07 Å². The summed E-state index contributed by atoms with van der Waals surface area (Å²) in [7, 11) is 0. The number of hydrogen-bond donors (Lipinski definition) is 1. The maximum absolute atomic E-state index is 12.3. The van der Waals surface area contributed by atoms with Gasteiger partial charge in [0.1, 0.15) is 11.6 Å². The summed E-state index contributed by atoms with van der Waals surface area (Å²) in [6.45, 7) is 0.499. The Kier molecular flexibility index (Phi) is 4.51. The number of nitrogens with two attached hydrogens (primary N) is 1. The SMILES string of the molecule is Nc1nc(N2CCN(CC(F)(F)F)CC2)c(Cl)cc1Cl. The third-order valence-corrected chi connectivity index (χ3v) is 3.59. The first kappa shape index (κ1) is 15.5. The quantitative estimate of drug-likeness (QED) is 0.906. The summed E-state index contributed by atoms with van der Waals surface area (Å²) in [6.07, 6.45) is -4.18. The van der Waals surface area contributed by atoms with Crippen LogP contribution in [0.4, 0.5) is 24.8 Å².